The molecule has 0 fully saturated rings. The number of hydrogen-bond acceptors (Lipinski definition) is 3. The second-order valence-electron chi connectivity index (χ2n) is 4.45. The molecule has 0 atom stereocenters. The van der Waals surface area contributed by atoms with Crippen LogP contribution in [0.5, 0.6) is 0 Å². The van der Waals surface area contributed by atoms with Crippen molar-refractivity contribution in [3.05, 3.63) is 22.7 Å². The number of nitrogens with two attached hydrogens (primary N) is 1. The highest BCUT2D eigenvalue weighted by Crippen LogP contribution is 2.27. The van der Waals surface area contributed by atoms with Gasteiger partial charge in [0.15, 0.2) is 0 Å². The molecule has 5 heteroatoms. The van der Waals surface area contributed by atoms with Gasteiger partial charge in [0.2, 0.25) is 5.91 Å². The molecule has 0 aliphatic rings. The third-order valence-electron chi connectivity index (χ3n) is 3.19. The smallest absolute Gasteiger partial charge is 0.231 e. The zero-order chi connectivity index (χ0) is 15.2. The van der Waals surface area contributed by atoms with Gasteiger partial charge < -0.3 is 11.1 Å². The minimum atomic E-state index is -0.539. The van der Waals surface area contributed by atoms with Gasteiger partial charge in [0.05, 0.1) is 5.75 Å². The van der Waals surface area contributed by atoms with Crippen molar-refractivity contribution in [1.82, 2.24) is 5.32 Å². The van der Waals surface area contributed by atoms with Gasteiger partial charge in [0.1, 0.15) is 5.54 Å². The first-order chi connectivity index (χ1) is 9.46. The Morgan fingerprint density at radius 2 is 2.15 bits per heavy atom. The van der Waals surface area contributed by atoms with Crippen molar-refractivity contribution in [2.75, 3.05) is 11.5 Å². The molecule has 0 aliphatic heterocycles. The Kier molecular flexibility index (Phi) is 6.44. The molecular weight excluding hydrogens is 336 g/mol. The number of terminal acetylenes is 1. The van der Waals surface area contributed by atoms with E-state index in [1.54, 1.807) is 0 Å². The lowest BCUT2D eigenvalue weighted by molar-refractivity contribution is -0.119. The molecule has 1 rings (SSSR count). The standard InChI is InChI=1S/C15H19BrN2OS/c1-4-15(5-2,6-3)18-14(19)10-20-13-8-7-11(16)9-12(13)17/h1,7-9H,5-6,10,17H2,2-3H3,(H,18,19). The number of halogens is 1. The van der Waals surface area contributed by atoms with Gasteiger partial charge in [-0.2, -0.15) is 0 Å². The molecule has 0 radical (unpaired) electrons. The van der Waals surface area contributed by atoms with Crippen LogP contribution in [0.1, 0.15) is 26.7 Å². The Balaban J connectivity index is 2.62. The summed E-state index contributed by atoms with van der Waals surface area (Å²) in [6.07, 6.45) is 6.97. The summed E-state index contributed by atoms with van der Waals surface area (Å²) >= 11 is 4.76. The molecule has 3 nitrogen and oxygen atoms in total. The molecule has 0 unspecified atom stereocenters. The number of benzene rings is 1. The lowest BCUT2D eigenvalue weighted by Gasteiger charge is -2.27. The molecule has 0 aromatic heterocycles. The maximum atomic E-state index is 12.0. The summed E-state index contributed by atoms with van der Waals surface area (Å²) in [4.78, 5) is 12.9. The van der Waals surface area contributed by atoms with Gasteiger partial charge in [0, 0.05) is 15.1 Å². The quantitative estimate of drug-likeness (QED) is 0.467. The van der Waals surface area contributed by atoms with Gasteiger partial charge in [-0.15, -0.1) is 18.2 Å². The van der Waals surface area contributed by atoms with Crippen molar-refractivity contribution in [1.29, 1.82) is 0 Å². The number of rotatable bonds is 6. The van der Waals surface area contributed by atoms with Crippen molar-refractivity contribution in [3.63, 3.8) is 0 Å². The predicted molar refractivity (Wildman–Crippen MR) is 89.6 cm³/mol. The van der Waals surface area contributed by atoms with E-state index in [1.807, 2.05) is 32.0 Å². The molecule has 3 N–H and O–H groups in total. The Labute approximate surface area is 133 Å². The second kappa shape index (κ2) is 7.61. The number of anilines is 1. The third kappa shape index (κ3) is 4.46. The first-order valence-electron chi connectivity index (χ1n) is 6.43. The molecule has 108 valence electrons. The van der Waals surface area contributed by atoms with Crippen LogP contribution >= 0.6 is 27.7 Å². The lowest BCUT2D eigenvalue weighted by Crippen LogP contribution is -2.47. The van der Waals surface area contributed by atoms with Crippen molar-refractivity contribution in [2.45, 2.75) is 37.1 Å². The molecule has 1 aromatic rings. The van der Waals surface area contributed by atoms with Crippen molar-refractivity contribution < 1.29 is 4.79 Å². The lowest BCUT2D eigenvalue weighted by atomic mass is 9.94. The van der Waals surface area contributed by atoms with E-state index in [0.29, 0.717) is 11.4 Å². The second-order valence-corrected chi connectivity index (χ2v) is 6.39. The van der Waals surface area contributed by atoms with Crippen LogP contribution in [0.4, 0.5) is 5.69 Å². The minimum absolute atomic E-state index is 0.0704. The third-order valence-corrected chi connectivity index (χ3v) is 4.78. The largest absolute Gasteiger partial charge is 0.398 e. The van der Waals surface area contributed by atoms with Crippen LogP contribution in [-0.2, 0) is 4.79 Å². The summed E-state index contributed by atoms with van der Waals surface area (Å²) in [6.45, 7) is 3.95. The number of thioether (sulfide) groups is 1. The minimum Gasteiger partial charge on any atom is -0.398 e. The van der Waals surface area contributed by atoms with Crippen LogP contribution in [0, 0.1) is 12.3 Å². The maximum Gasteiger partial charge on any atom is 0.231 e. The number of hydrogen-bond donors (Lipinski definition) is 2. The fourth-order valence-corrected chi connectivity index (χ4v) is 2.89. The molecule has 0 aliphatic carbocycles. The van der Waals surface area contributed by atoms with Gasteiger partial charge in [-0.05, 0) is 31.0 Å². The summed E-state index contributed by atoms with van der Waals surface area (Å²) in [5, 5.41) is 2.93. The van der Waals surface area contributed by atoms with E-state index >= 15 is 0 Å². The van der Waals surface area contributed by atoms with Crippen molar-refractivity contribution in [3.8, 4) is 12.3 Å². The normalized spacial score (nSPS) is 10.9. The fraction of sp³-hybridized carbons (Fsp3) is 0.400. The molecule has 20 heavy (non-hydrogen) atoms. The SMILES string of the molecule is C#CC(CC)(CC)NC(=O)CSc1ccc(Br)cc1N. The van der Waals surface area contributed by atoms with Crippen molar-refractivity contribution >= 4 is 39.3 Å². The molecule has 0 heterocycles. The van der Waals surface area contributed by atoms with Crippen LogP contribution in [-0.4, -0.2) is 17.2 Å². The van der Waals surface area contributed by atoms with E-state index in [1.165, 1.54) is 11.8 Å². The average molecular weight is 355 g/mol. The first-order valence-corrected chi connectivity index (χ1v) is 8.20. The Hall–Kier alpha value is -1.12. The van der Waals surface area contributed by atoms with Gasteiger partial charge in [-0.3, -0.25) is 4.79 Å². The van der Waals surface area contributed by atoms with Crippen LogP contribution < -0.4 is 11.1 Å². The first kappa shape index (κ1) is 16.9. The Bertz CT molecular complexity index is 521. The van der Waals surface area contributed by atoms with Gasteiger partial charge in [-0.25, -0.2) is 0 Å². The van der Waals surface area contributed by atoms with Gasteiger partial charge in [-0.1, -0.05) is 35.7 Å². The number of carbonyl (C=O) groups excluding carboxylic acids is 1. The molecule has 1 aromatic carbocycles. The van der Waals surface area contributed by atoms with Gasteiger partial charge >= 0.3 is 0 Å². The highest BCUT2D eigenvalue weighted by molar-refractivity contribution is 9.10. The highest BCUT2D eigenvalue weighted by atomic mass is 79.9. The van der Waals surface area contributed by atoms with E-state index in [0.717, 1.165) is 22.2 Å². The summed E-state index contributed by atoms with van der Waals surface area (Å²) in [6, 6.07) is 5.62. The monoisotopic (exact) mass is 354 g/mol. The number of nitrogen functional groups attached to an aromatic ring is 1. The topological polar surface area (TPSA) is 55.1 Å². The molecule has 0 spiro atoms. The van der Waals surface area contributed by atoms with Gasteiger partial charge in [0.25, 0.3) is 0 Å². The Morgan fingerprint density at radius 3 is 2.65 bits per heavy atom. The van der Waals surface area contributed by atoms with E-state index in [4.69, 9.17) is 12.2 Å². The van der Waals surface area contributed by atoms with Crippen LogP contribution in [0.2, 0.25) is 0 Å². The summed E-state index contributed by atoms with van der Waals surface area (Å²) in [7, 11) is 0. The van der Waals surface area contributed by atoms with Crippen LogP contribution in [0.25, 0.3) is 0 Å². The summed E-state index contributed by atoms with van der Waals surface area (Å²) in [5.41, 5.74) is 6.02. The molecule has 1 amide bonds. The number of nitrogens with one attached hydrogen (secondary N) is 1. The number of amides is 1. The summed E-state index contributed by atoms with van der Waals surface area (Å²) in [5.74, 6) is 2.92. The molecular formula is C15H19BrN2OS. The Morgan fingerprint density at radius 1 is 1.50 bits per heavy atom. The van der Waals surface area contributed by atoms with E-state index in [-0.39, 0.29) is 5.91 Å². The number of carbonyl (C=O) groups is 1. The molecule has 0 bridgehead atoms. The van der Waals surface area contributed by atoms with Crippen LogP contribution in [0.3, 0.4) is 0 Å². The predicted octanol–water partition coefficient (Wildman–Crippen LogP) is 3.43. The van der Waals surface area contributed by atoms with Crippen LogP contribution in [0.15, 0.2) is 27.6 Å². The molecule has 0 saturated carbocycles. The molecule has 0 saturated heterocycles. The summed E-state index contributed by atoms with van der Waals surface area (Å²) < 4.78 is 0.923. The van der Waals surface area contributed by atoms with E-state index in [9.17, 15) is 4.79 Å². The zero-order valence-electron chi connectivity index (χ0n) is 11.7. The van der Waals surface area contributed by atoms with E-state index in [2.05, 4.69) is 27.2 Å². The average Bonchev–Trinajstić information content (AvgIpc) is 2.44. The fourth-order valence-electron chi connectivity index (χ4n) is 1.76. The van der Waals surface area contributed by atoms with E-state index < -0.39 is 5.54 Å². The van der Waals surface area contributed by atoms with Crippen molar-refractivity contribution in [2.24, 2.45) is 0 Å². The zero-order valence-corrected chi connectivity index (χ0v) is 14.1. The maximum absolute atomic E-state index is 12.0. The highest BCUT2D eigenvalue weighted by Gasteiger charge is 2.25.